The summed E-state index contributed by atoms with van der Waals surface area (Å²) in [4.78, 5) is 14.7. The Morgan fingerprint density at radius 3 is 3.25 bits per heavy atom. The molecular weight excluding hydrogens is 276 g/mol. The first kappa shape index (κ1) is 14.9. The minimum Gasteiger partial charge on any atom is -0.384 e. The van der Waals surface area contributed by atoms with E-state index in [2.05, 4.69) is 17.2 Å². The second kappa shape index (κ2) is 7.29. The molecule has 0 saturated carbocycles. The summed E-state index contributed by atoms with van der Waals surface area (Å²) in [5.41, 5.74) is 0.872. The first-order chi connectivity index (χ1) is 9.69. The standard InChI is InChI=1S/C14H18N2O3S/c1-16(14(18)15-12-4-6-19-9-12)8-13-7-11(10-20-13)3-2-5-17/h7,10,12,17H,4-6,8-9H2,1H3,(H,15,18). The van der Waals surface area contributed by atoms with Crippen LogP contribution in [0.15, 0.2) is 11.4 Å². The van der Waals surface area contributed by atoms with E-state index in [4.69, 9.17) is 9.84 Å². The lowest BCUT2D eigenvalue weighted by Crippen LogP contribution is -2.42. The van der Waals surface area contributed by atoms with Gasteiger partial charge in [-0.25, -0.2) is 4.79 Å². The van der Waals surface area contributed by atoms with Crippen LogP contribution < -0.4 is 5.32 Å². The van der Waals surface area contributed by atoms with Crippen molar-refractivity contribution in [3.8, 4) is 11.8 Å². The fourth-order valence-corrected chi connectivity index (χ4v) is 2.78. The zero-order valence-corrected chi connectivity index (χ0v) is 12.2. The minimum atomic E-state index is -0.142. The van der Waals surface area contributed by atoms with Gasteiger partial charge >= 0.3 is 6.03 Å². The predicted molar refractivity (Wildman–Crippen MR) is 77.5 cm³/mol. The number of nitrogens with zero attached hydrogens (tertiary/aromatic N) is 1. The Morgan fingerprint density at radius 1 is 1.70 bits per heavy atom. The van der Waals surface area contributed by atoms with E-state index < -0.39 is 0 Å². The molecule has 108 valence electrons. The normalized spacial score (nSPS) is 17.4. The predicted octanol–water partition coefficient (Wildman–Crippen LogP) is 1.02. The van der Waals surface area contributed by atoms with Gasteiger partial charge in [0.05, 0.1) is 19.2 Å². The highest BCUT2D eigenvalue weighted by molar-refractivity contribution is 7.10. The highest BCUT2D eigenvalue weighted by atomic mass is 32.1. The van der Waals surface area contributed by atoms with Crippen LogP contribution >= 0.6 is 11.3 Å². The molecule has 1 atom stereocenters. The van der Waals surface area contributed by atoms with Gasteiger partial charge in [-0.15, -0.1) is 11.3 Å². The van der Waals surface area contributed by atoms with E-state index in [0.717, 1.165) is 16.9 Å². The maximum atomic E-state index is 12.0. The number of urea groups is 1. The summed E-state index contributed by atoms with van der Waals surface area (Å²) in [6.07, 6.45) is 0.874. The largest absolute Gasteiger partial charge is 0.384 e. The molecule has 0 radical (unpaired) electrons. The zero-order chi connectivity index (χ0) is 14.4. The molecule has 1 unspecified atom stereocenters. The maximum Gasteiger partial charge on any atom is 0.317 e. The number of hydrogen-bond acceptors (Lipinski definition) is 4. The summed E-state index contributed by atoms with van der Waals surface area (Å²) in [7, 11) is 1.77. The Morgan fingerprint density at radius 2 is 2.55 bits per heavy atom. The summed E-state index contributed by atoms with van der Waals surface area (Å²) < 4.78 is 5.23. The van der Waals surface area contributed by atoms with Gasteiger partial charge in [-0.3, -0.25) is 0 Å². The third-order valence-corrected chi connectivity index (χ3v) is 3.88. The van der Waals surface area contributed by atoms with Crippen LogP contribution in [-0.2, 0) is 11.3 Å². The lowest BCUT2D eigenvalue weighted by atomic mass is 10.3. The van der Waals surface area contributed by atoms with Crippen molar-refractivity contribution in [1.29, 1.82) is 0 Å². The van der Waals surface area contributed by atoms with Gasteiger partial charge in [0, 0.05) is 29.5 Å². The average Bonchev–Trinajstić information content (AvgIpc) is 3.08. The third kappa shape index (κ3) is 4.23. The number of carbonyl (C=O) groups excluding carboxylic acids is 1. The molecule has 0 aromatic carbocycles. The van der Waals surface area contributed by atoms with Crippen molar-refractivity contribution in [3.63, 3.8) is 0 Å². The van der Waals surface area contributed by atoms with E-state index in [1.165, 1.54) is 0 Å². The van der Waals surface area contributed by atoms with Gasteiger partial charge in [-0.05, 0) is 12.5 Å². The first-order valence-corrected chi connectivity index (χ1v) is 7.33. The summed E-state index contributed by atoms with van der Waals surface area (Å²) >= 11 is 1.56. The van der Waals surface area contributed by atoms with Gasteiger partial charge in [-0.2, -0.15) is 0 Å². The van der Waals surface area contributed by atoms with Crippen LogP contribution in [0.1, 0.15) is 16.9 Å². The SMILES string of the molecule is CN(Cc1cc(C#CCO)cs1)C(=O)NC1CCOC1. The number of thiophene rings is 1. The number of aliphatic hydroxyl groups excluding tert-OH is 1. The van der Waals surface area contributed by atoms with Crippen LogP contribution in [0.4, 0.5) is 4.79 Å². The lowest BCUT2D eigenvalue weighted by Gasteiger charge is -2.19. The second-order valence-corrected chi connectivity index (χ2v) is 5.62. The first-order valence-electron chi connectivity index (χ1n) is 6.45. The number of nitrogens with one attached hydrogen (secondary N) is 1. The van der Waals surface area contributed by atoms with Crippen LogP contribution in [0.3, 0.4) is 0 Å². The Balaban J connectivity index is 1.85. The van der Waals surface area contributed by atoms with Crippen molar-refractivity contribution in [2.75, 3.05) is 26.9 Å². The monoisotopic (exact) mass is 294 g/mol. The molecule has 1 fully saturated rings. The molecule has 0 aliphatic carbocycles. The number of rotatable bonds is 3. The zero-order valence-electron chi connectivity index (χ0n) is 11.4. The van der Waals surface area contributed by atoms with Crippen LogP contribution in [0, 0.1) is 11.8 Å². The minimum absolute atomic E-state index is 0.0862. The van der Waals surface area contributed by atoms with Gasteiger partial charge in [0.15, 0.2) is 0 Å². The number of aliphatic hydroxyl groups is 1. The van der Waals surface area contributed by atoms with Crippen molar-refractivity contribution < 1.29 is 14.6 Å². The van der Waals surface area contributed by atoms with Crippen LogP contribution in [0.25, 0.3) is 0 Å². The van der Waals surface area contributed by atoms with E-state index in [1.807, 2.05) is 11.4 Å². The van der Waals surface area contributed by atoms with Crippen LogP contribution in [0.2, 0.25) is 0 Å². The van der Waals surface area contributed by atoms with Crippen LogP contribution in [0.5, 0.6) is 0 Å². The molecule has 1 aromatic heterocycles. The third-order valence-electron chi connectivity index (χ3n) is 2.96. The quantitative estimate of drug-likeness (QED) is 0.818. The fourth-order valence-electron chi connectivity index (χ4n) is 1.91. The number of ether oxygens (including phenoxy) is 1. The van der Waals surface area contributed by atoms with Crippen molar-refractivity contribution in [3.05, 3.63) is 21.9 Å². The lowest BCUT2D eigenvalue weighted by molar-refractivity contribution is 0.181. The molecule has 1 aliphatic heterocycles. The topological polar surface area (TPSA) is 61.8 Å². The molecule has 5 nitrogen and oxygen atoms in total. The molecule has 6 heteroatoms. The van der Waals surface area contributed by atoms with E-state index in [1.54, 1.807) is 23.3 Å². The highest BCUT2D eigenvalue weighted by Gasteiger charge is 2.19. The fraction of sp³-hybridized carbons (Fsp3) is 0.500. The molecule has 2 rings (SSSR count). The Labute approximate surface area is 122 Å². The summed E-state index contributed by atoms with van der Waals surface area (Å²) in [5.74, 6) is 5.46. The molecular formula is C14H18N2O3S. The summed E-state index contributed by atoms with van der Waals surface area (Å²) in [6.45, 7) is 1.72. The van der Waals surface area contributed by atoms with Crippen molar-refractivity contribution in [2.45, 2.75) is 19.0 Å². The highest BCUT2D eigenvalue weighted by Crippen LogP contribution is 2.16. The Kier molecular flexibility index (Phi) is 5.41. The van der Waals surface area contributed by atoms with Gasteiger partial charge < -0.3 is 20.1 Å². The van der Waals surface area contributed by atoms with Gasteiger partial charge in [0.25, 0.3) is 0 Å². The smallest absolute Gasteiger partial charge is 0.317 e. The molecule has 1 aromatic rings. The number of carbonyl (C=O) groups is 1. The molecule has 0 spiro atoms. The Hall–Kier alpha value is -1.55. The van der Waals surface area contributed by atoms with E-state index in [9.17, 15) is 4.79 Å². The van der Waals surface area contributed by atoms with Gasteiger partial charge in [0.2, 0.25) is 0 Å². The van der Waals surface area contributed by atoms with E-state index >= 15 is 0 Å². The molecule has 2 heterocycles. The van der Waals surface area contributed by atoms with Crippen molar-refractivity contribution in [2.24, 2.45) is 0 Å². The second-order valence-electron chi connectivity index (χ2n) is 4.63. The van der Waals surface area contributed by atoms with E-state index in [0.29, 0.717) is 19.8 Å². The molecule has 2 amide bonds. The average molecular weight is 294 g/mol. The van der Waals surface area contributed by atoms with Gasteiger partial charge in [-0.1, -0.05) is 11.8 Å². The number of amides is 2. The molecule has 1 saturated heterocycles. The summed E-state index contributed by atoms with van der Waals surface area (Å²) in [6, 6.07) is 1.98. The van der Waals surface area contributed by atoms with Crippen molar-refractivity contribution >= 4 is 17.4 Å². The Bertz CT molecular complexity index is 512. The van der Waals surface area contributed by atoms with Gasteiger partial charge in [0.1, 0.15) is 6.61 Å². The maximum absolute atomic E-state index is 12.0. The van der Waals surface area contributed by atoms with Crippen LogP contribution in [-0.4, -0.2) is 48.9 Å². The molecule has 0 bridgehead atoms. The summed E-state index contributed by atoms with van der Waals surface area (Å²) in [5, 5.41) is 13.5. The molecule has 2 N–H and O–H groups in total. The van der Waals surface area contributed by atoms with Crippen molar-refractivity contribution in [1.82, 2.24) is 10.2 Å². The van der Waals surface area contributed by atoms with E-state index in [-0.39, 0.29) is 18.7 Å². The number of hydrogen-bond donors (Lipinski definition) is 2. The molecule has 1 aliphatic rings. The molecule has 20 heavy (non-hydrogen) atoms.